The first kappa shape index (κ1) is 14.1. The van der Waals surface area contributed by atoms with Crippen molar-refractivity contribution >= 4 is 10.8 Å². The summed E-state index contributed by atoms with van der Waals surface area (Å²) in [6.45, 7) is 8.65. The molecule has 2 unspecified atom stereocenters. The molecule has 0 aliphatic heterocycles. The van der Waals surface area contributed by atoms with Crippen LogP contribution in [0.5, 0.6) is 0 Å². The lowest BCUT2D eigenvalue weighted by Gasteiger charge is -2.09. The minimum atomic E-state index is -0.665. The second-order valence-corrected chi connectivity index (χ2v) is 6.19. The summed E-state index contributed by atoms with van der Waals surface area (Å²) >= 11 is 0. The van der Waals surface area contributed by atoms with Crippen molar-refractivity contribution in [3.05, 3.63) is 0 Å². The molecule has 0 aromatic heterocycles. The maximum atomic E-state index is 11.0. The van der Waals surface area contributed by atoms with Gasteiger partial charge in [0.1, 0.15) is 0 Å². The van der Waals surface area contributed by atoms with Crippen molar-refractivity contribution in [2.75, 3.05) is 19.3 Å². The molecule has 2 nitrogen and oxygen atoms in total. The smallest absolute Gasteiger partial charge is 0.0329 e. The normalized spacial score (nSPS) is 15.8. The molecule has 0 saturated heterocycles. The van der Waals surface area contributed by atoms with Crippen molar-refractivity contribution in [2.45, 2.75) is 45.3 Å². The third-order valence-electron chi connectivity index (χ3n) is 2.43. The lowest BCUT2D eigenvalue weighted by molar-refractivity contribution is 0.523. The Bertz CT molecular complexity index is 159. The van der Waals surface area contributed by atoms with E-state index >= 15 is 0 Å². The third kappa shape index (κ3) is 8.70. The number of hydrogen-bond acceptors (Lipinski definition) is 2. The molecule has 0 aliphatic carbocycles. The van der Waals surface area contributed by atoms with Gasteiger partial charge in [0.05, 0.1) is 0 Å². The first-order valence-corrected chi connectivity index (χ1v) is 7.19. The molecule has 0 aromatic carbocycles. The topological polar surface area (TPSA) is 29.1 Å². The summed E-state index contributed by atoms with van der Waals surface area (Å²) in [5.74, 6) is 0.805. The van der Waals surface area contributed by atoms with Gasteiger partial charge in [0, 0.05) is 22.3 Å². The van der Waals surface area contributed by atoms with E-state index in [1.165, 1.54) is 12.8 Å². The van der Waals surface area contributed by atoms with E-state index in [-0.39, 0.29) is 0 Å². The highest BCUT2D eigenvalue weighted by atomic mass is 32.2. The minimum absolute atomic E-state index is 0.326. The van der Waals surface area contributed by atoms with Crippen LogP contribution < -0.4 is 5.32 Å². The molecule has 86 valence electrons. The van der Waals surface area contributed by atoms with Gasteiger partial charge in [-0.1, -0.05) is 20.8 Å². The van der Waals surface area contributed by atoms with Crippen molar-refractivity contribution in [2.24, 2.45) is 5.92 Å². The van der Waals surface area contributed by atoms with Crippen LogP contribution in [0.1, 0.15) is 40.0 Å². The van der Waals surface area contributed by atoms with E-state index in [9.17, 15) is 4.21 Å². The van der Waals surface area contributed by atoms with Gasteiger partial charge in [0.2, 0.25) is 0 Å². The molecule has 0 rings (SSSR count). The molecule has 0 spiro atoms. The van der Waals surface area contributed by atoms with Crippen molar-refractivity contribution in [1.29, 1.82) is 0 Å². The van der Waals surface area contributed by atoms with Crippen LogP contribution in [0.25, 0.3) is 0 Å². The fourth-order valence-electron chi connectivity index (χ4n) is 1.23. The average molecular weight is 219 g/mol. The van der Waals surface area contributed by atoms with E-state index < -0.39 is 10.8 Å². The zero-order chi connectivity index (χ0) is 11.0. The largest absolute Gasteiger partial charge is 0.317 e. The van der Waals surface area contributed by atoms with Crippen LogP contribution in [0.15, 0.2) is 0 Å². The van der Waals surface area contributed by atoms with Crippen LogP contribution in [0, 0.1) is 5.92 Å². The molecule has 0 saturated carbocycles. The summed E-state index contributed by atoms with van der Waals surface area (Å²) in [6.07, 6.45) is 5.34. The van der Waals surface area contributed by atoms with E-state index in [4.69, 9.17) is 0 Å². The fourth-order valence-corrected chi connectivity index (χ4v) is 1.68. The number of hydrogen-bond donors (Lipinski definition) is 1. The van der Waals surface area contributed by atoms with Gasteiger partial charge < -0.3 is 5.32 Å². The Morgan fingerprint density at radius 2 is 1.79 bits per heavy atom. The van der Waals surface area contributed by atoms with Gasteiger partial charge >= 0.3 is 0 Å². The molecule has 0 aliphatic rings. The highest BCUT2D eigenvalue weighted by Gasteiger charge is 2.04. The standard InChI is InChI=1S/C11H25NOS/c1-10(2)6-5-8-12-9-7-11(3)14(4)13/h10-12H,5-9H2,1-4H3. The molecule has 0 aromatic rings. The van der Waals surface area contributed by atoms with Crippen LogP contribution >= 0.6 is 0 Å². The number of rotatable bonds is 8. The average Bonchev–Trinajstić information content (AvgIpc) is 2.09. The second-order valence-electron chi connectivity index (χ2n) is 4.38. The van der Waals surface area contributed by atoms with E-state index in [1.807, 2.05) is 6.92 Å². The van der Waals surface area contributed by atoms with Gasteiger partial charge in [-0.3, -0.25) is 4.21 Å². The van der Waals surface area contributed by atoms with Gasteiger partial charge in [-0.05, 0) is 38.3 Å². The zero-order valence-electron chi connectivity index (χ0n) is 10.0. The molecule has 0 amide bonds. The van der Waals surface area contributed by atoms with Gasteiger partial charge in [-0.2, -0.15) is 0 Å². The molecule has 3 heteroatoms. The lowest BCUT2D eigenvalue weighted by atomic mass is 10.1. The van der Waals surface area contributed by atoms with E-state index in [0.29, 0.717) is 5.25 Å². The Kier molecular flexibility index (Phi) is 8.49. The van der Waals surface area contributed by atoms with Gasteiger partial charge in [-0.25, -0.2) is 0 Å². The molecule has 14 heavy (non-hydrogen) atoms. The van der Waals surface area contributed by atoms with Crippen LogP contribution in [0.2, 0.25) is 0 Å². The highest BCUT2D eigenvalue weighted by Crippen LogP contribution is 2.02. The molecule has 2 atom stereocenters. The lowest BCUT2D eigenvalue weighted by Crippen LogP contribution is -2.22. The van der Waals surface area contributed by atoms with E-state index in [0.717, 1.165) is 25.4 Å². The molecule has 0 fully saturated rings. The molecule has 0 heterocycles. The molecule has 1 N–H and O–H groups in total. The molecule has 0 radical (unpaired) electrons. The van der Waals surface area contributed by atoms with Gasteiger partial charge in [-0.15, -0.1) is 0 Å². The first-order valence-electron chi connectivity index (χ1n) is 5.57. The molecule has 0 bridgehead atoms. The Labute approximate surface area is 91.3 Å². The summed E-state index contributed by atoms with van der Waals surface area (Å²) in [5.41, 5.74) is 0. The second kappa shape index (κ2) is 8.42. The summed E-state index contributed by atoms with van der Waals surface area (Å²) in [6, 6.07) is 0. The summed E-state index contributed by atoms with van der Waals surface area (Å²) in [5, 5.41) is 3.72. The summed E-state index contributed by atoms with van der Waals surface area (Å²) in [7, 11) is -0.665. The van der Waals surface area contributed by atoms with Crippen LogP contribution in [0.4, 0.5) is 0 Å². The summed E-state index contributed by atoms with van der Waals surface area (Å²) in [4.78, 5) is 0. The van der Waals surface area contributed by atoms with Crippen LogP contribution in [-0.2, 0) is 10.8 Å². The zero-order valence-corrected chi connectivity index (χ0v) is 10.8. The van der Waals surface area contributed by atoms with Gasteiger partial charge in [0.15, 0.2) is 0 Å². The minimum Gasteiger partial charge on any atom is -0.317 e. The Morgan fingerprint density at radius 1 is 1.14 bits per heavy atom. The van der Waals surface area contributed by atoms with E-state index in [1.54, 1.807) is 6.26 Å². The highest BCUT2D eigenvalue weighted by molar-refractivity contribution is 7.84. The predicted molar refractivity (Wildman–Crippen MR) is 65.1 cm³/mol. The quantitative estimate of drug-likeness (QED) is 0.634. The Balaban J connectivity index is 3.17. The SMILES string of the molecule is CC(C)CCCNCCC(C)S(C)=O. The third-order valence-corrected chi connectivity index (χ3v) is 3.80. The van der Waals surface area contributed by atoms with Crippen molar-refractivity contribution in [1.82, 2.24) is 5.32 Å². The molecular formula is C11H25NOS. The molecular weight excluding hydrogens is 194 g/mol. The Hall–Kier alpha value is 0.110. The maximum Gasteiger partial charge on any atom is 0.0329 e. The summed E-state index contributed by atoms with van der Waals surface area (Å²) < 4.78 is 11.0. The number of nitrogens with one attached hydrogen (secondary N) is 1. The maximum absolute atomic E-state index is 11.0. The van der Waals surface area contributed by atoms with Crippen LogP contribution in [-0.4, -0.2) is 28.8 Å². The van der Waals surface area contributed by atoms with Crippen LogP contribution in [0.3, 0.4) is 0 Å². The van der Waals surface area contributed by atoms with Crippen molar-refractivity contribution in [3.63, 3.8) is 0 Å². The van der Waals surface area contributed by atoms with Crippen molar-refractivity contribution < 1.29 is 4.21 Å². The first-order chi connectivity index (χ1) is 6.54. The Morgan fingerprint density at radius 3 is 2.29 bits per heavy atom. The van der Waals surface area contributed by atoms with Crippen molar-refractivity contribution in [3.8, 4) is 0 Å². The van der Waals surface area contributed by atoms with Gasteiger partial charge in [0.25, 0.3) is 0 Å². The van der Waals surface area contributed by atoms with E-state index in [2.05, 4.69) is 19.2 Å². The fraction of sp³-hybridized carbons (Fsp3) is 1.00. The predicted octanol–water partition coefficient (Wildman–Crippen LogP) is 2.17. The monoisotopic (exact) mass is 219 g/mol.